The Kier molecular flexibility index (Phi) is 2.46. The predicted octanol–water partition coefficient (Wildman–Crippen LogP) is 1.42. The molecule has 78 valence electrons. The Bertz CT molecular complexity index is 299. The Morgan fingerprint density at radius 2 is 2.43 bits per heavy atom. The first-order valence-corrected chi connectivity index (χ1v) is 5.06. The number of imidazole rings is 1. The van der Waals surface area contributed by atoms with E-state index < -0.39 is 0 Å². The molecule has 0 unspecified atom stereocenters. The molecule has 1 aromatic rings. The molecule has 4 heteroatoms. The number of hydrogen-bond acceptors (Lipinski definition) is 3. The minimum atomic E-state index is 0.138. The van der Waals surface area contributed by atoms with E-state index in [9.17, 15) is 0 Å². The summed E-state index contributed by atoms with van der Waals surface area (Å²) in [5.41, 5.74) is 5.67. The molecule has 2 rings (SSSR count). The van der Waals surface area contributed by atoms with Crippen LogP contribution in [0, 0.1) is 0 Å². The molecule has 0 aromatic carbocycles. The molecular formula is C10H17N3O. The third kappa shape index (κ3) is 1.75. The molecule has 1 aliphatic carbocycles. The maximum atomic E-state index is 5.54. The monoisotopic (exact) mass is 195 g/mol. The number of aromatic nitrogens is 2. The lowest BCUT2D eigenvalue weighted by molar-refractivity contribution is -0.0799. The molecule has 0 amide bonds. The molecule has 1 heterocycles. The van der Waals surface area contributed by atoms with E-state index in [4.69, 9.17) is 10.5 Å². The van der Waals surface area contributed by atoms with Crippen molar-refractivity contribution in [2.75, 3.05) is 12.8 Å². The van der Waals surface area contributed by atoms with Crippen LogP contribution in [-0.2, 0) is 11.3 Å². The van der Waals surface area contributed by atoms with Crippen molar-refractivity contribution in [1.82, 2.24) is 9.55 Å². The fourth-order valence-electron chi connectivity index (χ4n) is 1.96. The Morgan fingerprint density at radius 1 is 1.64 bits per heavy atom. The fraction of sp³-hybridized carbons (Fsp3) is 0.700. The predicted molar refractivity (Wildman–Crippen MR) is 54.8 cm³/mol. The van der Waals surface area contributed by atoms with Crippen molar-refractivity contribution in [2.24, 2.45) is 0 Å². The zero-order valence-electron chi connectivity index (χ0n) is 8.57. The van der Waals surface area contributed by atoms with Gasteiger partial charge in [-0.1, -0.05) is 0 Å². The number of aryl methyl sites for hydroxylation is 1. The molecule has 1 aromatic heterocycles. The molecule has 0 bridgehead atoms. The van der Waals surface area contributed by atoms with Gasteiger partial charge >= 0.3 is 0 Å². The fourth-order valence-corrected chi connectivity index (χ4v) is 1.96. The second kappa shape index (κ2) is 3.61. The smallest absolute Gasteiger partial charge is 0.141 e. The molecular weight excluding hydrogens is 178 g/mol. The zero-order valence-corrected chi connectivity index (χ0v) is 8.57. The number of anilines is 1. The van der Waals surface area contributed by atoms with E-state index in [0.29, 0.717) is 5.82 Å². The quantitative estimate of drug-likeness (QED) is 0.790. The van der Waals surface area contributed by atoms with Gasteiger partial charge in [0.25, 0.3) is 0 Å². The van der Waals surface area contributed by atoms with Gasteiger partial charge in [-0.25, -0.2) is 4.98 Å². The lowest BCUT2D eigenvalue weighted by Crippen LogP contribution is -2.39. The van der Waals surface area contributed by atoms with Crippen molar-refractivity contribution < 1.29 is 4.74 Å². The summed E-state index contributed by atoms with van der Waals surface area (Å²) in [6.07, 6.45) is 8.36. The summed E-state index contributed by atoms with van der Waals surface area (Å²) < 4.78 is 7.56. The Labute approximate surface area is 84.1 Å². The molecule has 2 N–H and O–H groups in total. The molecule has 0 aliphatic heterocycles. The van der Waals surface area contributed by atoms with Gasteiger partial charge in [-0.3, -0.25) is 0 Å². The summed E-state index contributed by atoms with van der Waals surface area (Å²) >= 11 is 0. The summed E-state index contributed by atoms with van der Waals surface area (Å²) in [6, 6.07) is 0. The number of hydrogen-bond donors (Lipinski definition) is 1. The third-order valence-corrected chi connectivity index (χ3v) is 3.18. The highest BCUT2D eigenvalue weighted by Crippen LogP contribution is 2.38. The minimum Gasteiger partial charge on any atom is -0.382 e. The molecule has 0 spiro atoms. The second-order valence-electron chi connectivity index (χ2n) is 4.03. The van der Waals surface area contributed by atoms with Crippen LogP contribution in [0.4, 0.5) is 5.82 Å². The molecule has 14 heavy (non-hydrogen) atoms. The van der Waals surface area contributed by atoms with Crippen LogP contribution in [0.1, 0.15) is 25.7 Å². The van der Waals surface area contributed by atoms with Crippen molar-refractivity contribution in [3.63, 3.8) is 0 Å². The number of nitrogens with two attached hydrogens (primary N) is 1. The van der Waals surface area contributed by atoms with Gasteiger partial charge in [0.15, 0.2) is 0 Å². The van der Waals surface area contributed by atoms with Crippen LogP contribution < -0.4 is 5.73 Å². The van der Waals surface area contributed by atoms with E-state index >= 15 is 0 Å². The summed E-state index contributed by atoms with van der Waals surface area (Å²) in [7, 11) is 1.81. The Hall–Kier alpha value is -1.03. The van der Waals surface area contributed by atoms with Gasteiger partial charge in [-0.2, -0.15) is 0 Å². The van der Waals surface area contributed by atoms with Gasteiger partial charge in [-0.05, 0) is 25.7 Å². The third-order valence-electron chi connectivity index (χ3n) is 3.18. The van der Waals surface area contributed by atoms with E-state index in [-0.39, 0.29) is 5.60 Å². The van der Waals surface area contributed by atoms with Crippen LogP contribution >= 0.6 is 0 Å². The Morgan fingerprint density at radius 3 is 2.86 bits per heavy atom. The van der Waals surface area contributed by atoms with E-state index in [0.717, 1.165) is 13.0 Å². The molecule has 0 atom stereocenters. The number of ether oxygens (including phenoxy) is 1. The minimum absolute atomic E-state index is 0.138. The van der Waals surface area contributed by atoms with E-state index in [1.54, 1.807) is 13.4 Å². The highest BCUT2D eigenvalue weighted by molar-refractivity contribution is 5.22. The van der Waals surface area contributed by atoms with Gasteiger partial charge < -0.3 is 15.0 Å². The summed E-state index contributed by atoms with van der Waals surface area (Å²) in [4.78, 5) is 3.99. The lowest BCUT2D eigenvalue weighted by atomic mass is 9.77. The normalized spacial score (nSPS) is 19.2. The first kappa shape index (κ1) is 9.52. The topological polar surface area (TPSA) is 53.1 Å². The lowest BCUT2D eigenvalue weighted by Gasteiger charge is -2.40. The van der Waals surface area contributed by atoms with E-state index in [1.807, 2.05) is 10.8 Å². The zero-order chi connectivity index (χ0) is 10.0. The standard InChI is InChI=1S/C10H17N3O/c1-14-10(3-2-4-10)5-6-13-7-9(11)12-8-13/h7-8H,2-6,11H2,1H3. The van der Waals surface area contributed by atoms with Crippen molar-refractivity contribution in [3.05, 3.63) is 12.5 Å². The van der Waals surface area contributed by atoms with Crippen LogP contribution in [0.25, 0.3) is 0 Å². The van der Waals surface area contributed by atoms with Gasteiger partial charge in [0, 0.05) is 19.9 Å². The van der Waals surface area contributed by atoms with Crippen LogP contribution in [0.3, 0.4) is 0 Å². The molecule has 1 aliphatic rings. The summed E-state index contributed by atoms with van der Waals surface area (Å²) in [5.74, 6) is 0.588. The second-order valence-corrected chi connectivity index (χ2v) is 4.03. The summed E-state index contributed by atoms with van der Waals surface area (Å²) in [6.45, 7) is 0.942. The highest BCUT2D eigenvalue weighted by atomic mass is 16.5. The first-order chi connectivity index (χ1) is 6.74. The van der Waals surface area contributed by atoms with Crippen LogP contribution in [0.15, 0.2) is 12.5 Å². The maximum absolute atomic E-state index is 5.54. The average molecular weight is 195 g/mol. The van der Waals surface area contributed by atoms with E-state index in [2.05, 4.69) is 4.98 Å². The molecule has 1 saturated carbocycles. The number of rotatable bonds is 4. The van der Waals surface area contributed by atoms with Crippen LogP contribution in [0.5, 0.6) is 0 Å². The summed E-state index contributed by atoms with van der Waals surface area (Å²) in [5, 5.41) is 0. The van der Waals surface area contributed by atoms with Gasteiger partial charge in [0.1, 0.15) is 5.82 Å². The van der Waals surface area contributed by atoms with Crippen molar-refractivity contribution in [1.29, 1.82) is 0 Å². The number of methoxy groups -OCH3 is 1. The largest absolute Gasteiger partial charge is 0.382 e. The van der Waals surface area contributed by atoms with Crippen LogP contribution in [-0.4, -0.2) is 22.3 Å². The van der Waals surface area contributed by atoms with E-state index in [1.165, 1.54) is 19.3 Å². The SMILES string of the molecule is COC1(CCn2cnc(N)c2)CCC1. The van der Waals surface area contributed by atoms with Crippen molar-refractivity contribution in [3.8, 4) is 0 Å². The molecule has 1 fully saturated rings. The number of nitrogen functional groups attached to an aromatic ring is 1. The Balaban J connectivity index is 1.87. The molecule has 0 radical (unpaired) electrons. The highest BCUT2D eigenvalue weighted by Gasteiger charge is 2.36. The van der Waals surface area contributed by atoms with Crippen molar-refractivity contribution in [2.45, 2.75) is 37.8 Å². The molecule has 0 saturated heterocycles. The first-order valence-electron chi connectivity index (χ1n) is 5.06. The van der Waals surface area contributed by atoms with Gasteiger partial charge in [0.05, 0.1) is 11.9 Å². The molecule has 4 nitrogen and oxygen atoms in total. The van der Waals surface area contributed by atoms with Gasteiger partial charge in [-0.15, -0.1) is 0 Å². The number of nitrogens with zero attached hydrogens (tertiary/aromatic N) is 2. The maximum Gasteiger partial charge on any atom is 0.141 e. The van der Waals surface area contributed by atoms with Crippen LogP contribution in [0.2, 0.25) is 0 Å². The van der Waals surface area contributed by atoms with Gasteiger partial charge in [0.2, 0.25) is 0 Å². The van der Waals surface area contributed by atoms with Crippen molar-refractivity contribution >= 4 is 5.82 Å². The average Bonchev–Trinajstić information content (AvgIpc) is 2.50.